The molecule has 1 aromatic rings. The molecule has 0 bridgehead atoms. The molecule has 0 atom stereocenters. The van der Waals surface area contributed by atoms with E-state index in [0.717, 1.165) is 32.6 Å². The maximum Gasteiger partial charge on any atom is 0.0598 e. The van der Waals surface area contributed by atoms with Gasteiger partial charge in [-0.05, 0) is 31.4 Å². The summed E-state index contributed by atoms with van der Waals surface area (Å²) >= 11 is 0. The smallest absolute Gasteiger partial charge is 0.0598 e. The van der Waals surface area contributed by atoms with Crippen LogP contribution < -0.4 is 5.32 Å². The molecule has 0 aliphatic carbocycles. The molecule has 0 amide bonds. The van der Waals surface area contributed by atoms with Gasteiger partial charge >= 0.3 is 0 Å². The van der Waals surface area contributed by atoms with Gasteiger partial charge in [-0.15, -0.1) is 6.42 Å². The van der Waals surface area contributed by atoms with E-state index in [9.17, 15) is 0 Å². The number of benzene rings is 1. The molecular formula is C16H22N2. The highest BCUT2D eigenvalue weighted by Crippen LogP contribution is 2.09. The Bertz CT molecular complexity index is 372. The maximum atomic E-state index is 5.33. The van der Waals surface area contributed by atoms with Crippen molar-refractivity contribution in [3.63, 3.8) is 0 Å². The Morgan fingerprint density at radius 1 is 1.22 bits per heavy atom. The van der Waals surface area contributed by atoms with Crippen molar-refractivity contribution in [2.45, 2.75) is 25.3 Å². The summed E-state index contributed by atoms with van der Waals surface area (Å²) < 4.78 is 0. The monoisotopic (exact) mass is 242 g/mol. The Hall–Kier alpha value is -1.30. The number of hydrogen-bond donors (Lipinski definition) is 1. The van der Waals surface area contributed by atoms with Crippen molar-refractivity contribution in [2.75, 3.05) is 26.2 Å². The Balaban J connectivity index is 1.63. The van der Waals surface area contributed by atoms with Crippen LogP contribution in [0, 0.1) is 12.3 Å². The van der Waals surface area contributed by atoms with Gasteiger partial charge < -0.3 is 5.32 Å². The zero-order valence-corrected chi connectivity index (χ0v) is 10.9. The lowest BCUT2D eigenvalue weighted by Gasteiger charge is -2.31. The standard InChI is InChI=1S/C16H22N2/c1-2-12-18-13-9-16(10-14-18)17-11-8-15-6-4-3-5-7-15/h1,3-7,16-17H,8-14H2. The fraction of sp³-hybridized carbons (Fsp3) is 0.500. The van der Waals surface area contributed by atoms with Gasteiger partial charge in [0.1, 0.15) is 0 Å². The molecule has 0 aromatic heterocycles. The molecule has 0 unspecified atom stereocenters. The summed E-state index contributed by atoms with van der Waals surface area (Å²) in [5.41, 5.74) is 1.41. The molecule has 0 radical (unpaired) electrons. The summed E-state index contributed by atoms with van der Waals surface area (Å²) in [6, 6.07) is 11.3. The van der Waals surface area contributed by atoms with Crippen molar-refractivity contribution in [2.24, 2.45) is 0 Å². The van der Waals surface area contributed by atoms with E-state index >= 15 is 0 Å². The van der Waals surface area contributed by atoms with E-state index in [0.29, 0.717) is 6.04 Å². The summed E-state index contributed by atoms with van der Waals surface area (Å²) in [5, 5.41) is 3.65. The number of hydrogen-bond acceptors (Lipinski definition) is 2. The van der Waals surface area contributed by atoms with Crippen molar-refractivity contribution in [1.29, 1.82) is 0 Å². The number of rotatable bonds is 5. The lowest BCUT2D eigenvalue weighted by Crippen LogP contribution is -2.43. The predicted molar refractivity (Wildman–Crippen MR) is 76.4 cm³/mol. The highest BCUT2D eigenvalue weighted by molar-refractivity contribution is 5.14. The summed E-state index contributed by atoms with van der Waals surface area (Å²) in [6.45, 7) is 4.14. The first kappa shape index (κ1) is 13.1. The van der Waals surface area contributed by atoms with Gasteiger partial charge in [-0.3, -0.25) is 4.90 Å². The van der Waals surface area contributed by atoms with Gasteiger partial charge in [0.15, 0.2) is 0 Å². The van der Waals surface area contributed by atoms with E-state index < -0.39 is 0 Å². The second-order valence-electron chi connectivity index (χ2n) is 4.94. The fourth-order valence-corrected chi connectivity index (χ4v) is 2.49. The highest BCUT2D eigenvalue weighted by atomic mass is 15.1. The number of piperidine rings is 1. The van der Waals surface area contributed by atoms with Gasteiger partial charge in [0.05, 0.1) is 6.54 Å². The zero-order chi connectivity index (χ0) is 12.6. The minimum absolute atomic E-state index is 0.669. The molecule has 1 aliphatic heterocycles. The number of nitrogens with zero attached hydrogens (tertiary/aromatic N) is 1. The molecule has 2 nitrogen and oxygen atoms in total. The first-order valence-electron chi connectivity index (χ1n) is 6.81. The largest absolute Gasteiger partial charge is 0.314 e. The molecule has 2 heteroatoms. The van der Waals surface area contributed by atoms with Crippen LogP contribution in [-0.2, 0) is 6.42 Å². The van der Waals surface area contributed by atoms with Crippen LogP contribution in [0.2, 0.25) is 0 Å². The molecule has 2 rings (SSSR count). The minimum Gasteiger partial charge on any atom is -0.314 e. The van der Waals surface area contributed by atoms with Gasteiger partial charge in [0.2, 0.25) is 0 Å². The van der Waals surface area contributed by atoms with Crippen molar-refractivity contribution in [3.05, 3.63) is 35.9 Å². The summed E-state index contributed by atoms with van der Waals surface area (Å²) in [5.74, 6) is 2.72. The zero-order valence-electron chi connectivity index (χ0n) is 10.9. The predicted octanol–water partition coefficient (Wildman–Crippen LogP) is 1.92. The van der Waals surface area contributed by atoms with Crippen LogP contribution in [0.25, 0.3) is 0 Å². The summed E-state index contributed by atoms with van der Waals surface area (Å²) in [4.78, 5) is 2.36. The third-order valence-electron chi connectivity index (χ3n) is 3.59. The quantitative estimate of drug-likeness (QED) is 0.794. The van der Waals surface area contributed by atoms with Crippen LogP contribution >= 0.6 is 0 Å². The van der Waals surface area contributed by atoms with Crippen LogP contribution in [0.1, 0.15) is 18.4 Å². The third kappa shape index (κ3) is 4.18. The SMILES string of the molecule is C#CCN1CCC(NCCc2ccccc2)CC1. The first-order valence-corrected chi connectivity index (χ1v) is 6.81. The van der Waals surface area contributed by atoms with Gasteiger partial charge in [0.25, 0.3) is 0 Å². The van der Waals surface area contributed by atoms with E-state index in [2.05, 4.69) is 46.5 Å². The topological polar surface area (TPSA) is 15.3 Å². The van der Waals surface area contributed by atoms with Gasteiger partial charge in [-0.1, -0.05) is 36.3 Å². The molecule has 1 saturated heterocycles. The fourth-order valence-electron chi connectivity index (χ4n) is 2.49. The minimum atomic E-state index is 0.669. The average molecular weight is 242 g/mol. The van der Waals surface area contributed by atoms with Crippen LogP contribution in [0.15, 0.2) is 30.3 Å². The molecule has 1 N–H and O–H groups in total. The number of likely N-dealkylation sites (tertiary alicyclic amines) is 1. The summed E-state index contributed by atoms with van der Waals surface area (Å²) in [7, 11) is 0. The van der Waals surface area contributed by atoms with Crippen molar-refractivity contribution < 1.29 is 0 Å². The normalized spacial score (nSPS) is 17.5. The van der Waals surface area contributed by atoms with Crippen LogP contribution in [0.5, 0.6) is 0 Å². The van der Waals surface area contributed by atoms with Gasteiger partial charge in [-0.2, -0.15) is 0 Å². The Kier molecular flexibility index (Phi) is 5.26. The Labute approximate surface area is 110 Å². The molecule has 0 spiro atoms. The van der Waals surface area contributed by atoms with Crippen LogP contribution in [0.4, 0.5) is 0 Å². The highest BCUT2D eigenvalue weighted by Gasteiger charge is 2.17. The lowest BCUT2D eigenvalue weighted by atomic mass is 10.0. The molecule has 1 fully saturated rings. The van der Waals surface area contributed by atoms with Gasteiger partial charge in [0, 0.05) is 19.1 Å². The van der Waals surface area contributed by atoms with E-state index in [1.807, 2.05) is 0 Å². The molecule has 1 heterocycles. The molecule has 18 heavy (non-hydrogen) atoms. The first-order chi connectivity index (χ1) is 8.88. The van der Waals surface area contributed by atoms with Crippen molar-refractivity contribution in [1.82, 2.24) is 10.2 Å². The van der Waals surface area contributed by atoms with Gasteiger partial charge in [-0.25, -0.2) is 0 Å². The Morgan fingerprint density at radius 3 is 2.61 bits per heavy atom. The molecule has 1 aromatic carbocycles. The van der Waals surface area contributed by atoms with E-state index in [-0.39, 0.29) is 0 Å². The molecule has 96 valence electrons. The third-order valence-corrected chi connectivity index (χ3v) is 3.59. The maximum absolute atomic E-state index is 5.33. The molecular weight excluding hydrogens is 220 g/mol. The average Bonchev–Trinajstić information content (AvgIpc) is 2.42. The van der Waals surface area contributed by atoms with Crippen molar-refractivity contribution in [3.8, 4) is 12.3 Å². The summed E-state index contributed by atoms with van der Waals surface area (Å²) in [6.07, 6.45) is 8.89. The molecule has 1 aliphatic rings. The van der Waals surface area contributed by atoms with E-state index in [1.165, 1.54) is 18.4 Å². The second-order valence-corrected chi connectivity index (χ2v) is 4.94. The molecule has 0 saturated carbocycles. The number of nitrogens with one attached hydrogen (secondary N) is 1. The van der Waals surface area contributed by atoms with E-state index in [4.69, 9.17) is 6.42 Å². The van der Waals surface area contributed by atoms with E-state index in [1.54, 1.807) is 0 Å². The van der Waals surface area contributed by atoms with Crippen LogP contribution in [-0.4, -0.2) is 37.1 Å². The lowest BCUT2D eigenvalue weighted by molar-refractivity contribution is 0.218. The van der Waals surface area contributed by atoms with Crippen molar-refractivity contribution >= 4 is 0 Å². The number of terminal acetylenes is 1. The van der Waals surface area contributed by atoms with Crippen LogP contribution in [0.3, 0.4) is 0 Å². The second kappa shape index (κ2) is 7.20. The Morgan fingerprint density at radius 2 is 1.94 bits per heavy atom.